The van der Waals surface area contributed by atoms with Crippen molar-refractivity contribution in [1.82, 2.24) is 10.6 Å². The average molecular weight is 302 g/mol. The molecule has 0 heterocycles. The average Bonchev–Trinajstić information content (AvgIpc) is 2.38. The molecule has 0 bridgehead atoms. The molecule has 3 nitrogen and oxygen atoms in total. The molecule has 1 aromatic rings. The van der Waals surface area contributed by atoms with Gasteiger partial charge in [-0.25, -0.2) is 0 Å². The van der Waals surface area contributed by atoms with Crippen molar-refractivity contribution in [3.05, 3.63) is 35.4 Å². The van der Waals surface area contributed by atoms with Crippen LogP contribution in [0.5, 0.6) is 0 Å². The highest BCUT2D eigenvalue weighted by Gasteiger charge is 2.30. The second-order valence-corrected chi connectivity index (χ2v) is 5.06. The Morgan fingerprint density at radius 1 is 1.33 bits per heavy atom. The highest BCUT2D eigenvalue weighted by atomic mass is 19.4. The van der Waals surface area contributed by atoms with Gasteiger partial charge in [-0.15, -0.1) is 0 Å². The molecule has 1 amide bonds. The van der Waals surface area contributed by atoms with E-state index in [-0.39, 0.29) is 25.0 Å². The van der Waals surface area contributed by atoms with Crippen LogP contribution in [0.3, 0.4) is 0 Å². The van der Waals surface area contributed by atoms with Crippen LogP contribution < -0.4 is 10.6 Å². The second kappa shape index (κ2) is 8.02. The van der Waals surface area contributed by atoms with E-state index in [1.54, 1.807) is 6.07 Å². The number of nitrogens with one attached hydrogen (secondary N) is 2. The molecule has 0 fully saturated rings. The summed E-state index contributed by atoms with van der Waals surface area (Å²) in [5, 5.41) is 5.67. The van der Waals surface area contributed by atoms with E-state index in [1.807, 2.05) is 13.8 Å². The molecule has 21 heavy (non-hydrogen) atoms. The first-order chi connectivity index (χ1) is 9.82. The van der Waals surface area contributed by atoms with E-state index < -0.39 is 11.7 Å². The van der Waals surface area contributed by atoms with Gasteiger partial charge in [0.1, 0.15) is 0 Å². The number of carbonyl (C=O) groups excluding carboxylic acids is 1. The van der Waals surface area contributed by atoms with Crippen LogP contribution in [0, 0.1) is 0 Å². The minimum absolute atomic E-state index is 0.0876. The smallest absolute Gasteiger partial charge is 0.353 e. The first-order valence-corrected chi connectivity index (χ1v) is 6.99. The predicted molar refractivity (Wildman–Crippen MR) is 75.7 cm³/mol. The fourth-order valence-electron chi connectivity index (χ4n) is 2.01. The van der Waals surface area contributed by atoms with Gasteiger partial charge in [0.15, 0.2) is 0 Å². The standard InChI is InChI=1S/C15H21F3N2O/c1-3-5-11(2)20-14(21)10-19-9-12-6-4-7-13(8-12)15(16,17)18/h4,6-8,11,19H,3,5,9-10H2,1-2H3,(H,20,21). The molecule has 0 aromatic heterocycles. The molecule has 0 aliphatic rings. The van der Waals surface area contributed by atoms with E-state index in [4.69, 9.17) is 0 Å². The number of alkyl halides is 3. The lowest BCUT2D eigenvalue weighted by molar-refractivity contribution is -0.137. The van der Waals surface area contributed by atoms with Gasteiger partial charge < -0.3 is 10.6 Å². The Morgan fingerprint density at radius 2 is 2.05 bits per heavy atom. The van der Waals surface area contributed by atoms with E-state index in [9.17, 15) is 18.0 Å². The minimum Gasteiger partial charge on any atom is -0.353 e. The molecule has 0 radical (unpaired) electrons. The Labute approximate surface area is 122 Å². The van der Waals surface area contributed by atoms with E-state index in [2.05, 4.69) is 10.6 Å². The molecule has 1 aromatic carbocycles. The maximum atomic E-state index is 12.5. The first-order valence-electron chi connectivity index (χ1n) is 6.99. The topological polar surface area (TPSA) is 41.1 Å². The Balaban J connectivity index is 2.41. The van der Waals surface area contributed by atoms with Gasteiger partial charge >= 0.3 is 6.18 Å². The van der Waals surface area contributed by atoms with Gasteiger partial charge in [0.2, 0.25) is 5.91 Å². The van der Waals surface area contributed by atoms with Crippen molar-refractivity contribution in [3.8, 4) is 0 Å². The molecule has 0 spiro atoms. The fourth-order valence-corrected chi connectivity index (χ4v) is 2.01. The van der Waals surface area contributed by atoms with Crippen LogP contribution in [0.1, 0.15) is 37.8 Å². The summed E-state index contributed by atoms with van der Waals surface area (Å²) < 4.78 is 37.6. The van der Waals surface area contributed by atoms with Crippen LogP contribution in [-0.4, -0.2) is 18.5 Å². The molecule has 1 unspecified atom stereocenters. The van der Waals surface area contributed by atoms with Crippen LogP contribution in [0.25, 0.3) is 0 Å². The minimum atomic E-state index is -4.34. The summed E-state index contributed by atoms with van der Waals surface area (Å²) in [4.78, 5) is 11.6. The summed E-state index contributed by atoms with van der Waals surface area (Å²) in [5.74, 6) is -0.150. The van der Waals surface area contributed by atoms with E-state index in [0.29, 0.717) is 5.56 Å². The lowest BCUT2D eigenvalue weighted by Gasteiger charge is -2.13. The fraction of sp³-hybridized carbons (Fsp3) is 0.533. The van der Waals surface area contributed by atoms with Crippen molar-refractivity contribution in [2.24, 2.45) is 0 Å². The van der Waals surface area contributed by atoms with Gasteiger partial charge in [-0.3, -0.25) is 4.79 Å². The van der Waals surface area contributed by atoms with Crippen molar-refractivity contribution >= 4 is 5.91 Å². The molecule has 1 atom stereocenters. The molecule has 0 saturated heterocycles. The van der Waals surface area contributed by atoms with Gasteiger partial charge in [-0.1, -0.05) is 31.5 Å². The van der Waals surface area contributed by atoms with Gasteiger partial charge in [-0.2, -0.15) is 13.2 Å². The van der Waals surface area contributed by atoms with Crippen molar-refractivity contribution in [2.45, 2.75) is 45.5 Å². The largest absolute Gasteiger partial charge is 0.416 e. The summed E-state index contributed by atoms with van der Waals surface area (Å²) in [6.45, 7) is 4.27. The first kappa shape index (κ1) is 17.5. The van der Waals surface area contributed by atoms with Gasteiger partial charge in [-0.05, 0) is 25.0 Å². The van der Waals surface area contributed by atoms with Crippen LogP contribution >= 0.6 is 0 Å². The highest BCUT2D eigenvalue weighted by molar-refractivity contribution is 5.78. The monoisotopic (exact) mass is 302 g/mol. The van der Waals surface area contributed by atoms with Crippen LogP contribution in [-0.2, 0) is 17.5 Å². The number of halogens is 3. The molecule has 2 N–H and O–H groups in total. The van der Waals surface area contributed by atoms with Crippen LogP contribution in [0.15, 0.2) is 24.3 Å². The zero-order valence-corrected chi connectivity index (χ0v) is 12.3. The predicted octanol–water partition coefficient (Wildman–Crippen LogP) is 3.10. The zero-order chi connectivity index (χ0) is 15.9. The van der Waals surface area contributed by atoms with Crippen LogP contribution in [0.4, 0.5) is 13.2 Å². The van der Waals surface area contributed by atoms with Crippen LogP contribution in [0.2, 0.25) is 0 Å². The Kier molecular flexibility index (Phi) is 6.68. The molecule has 0 saturated carbocycles. The quantitative estimate of drug-likeness (QED) is 0.812. The number of hydrogen-bond donors (Lipinski definition) is 2. The summed E-state index contributed by atoms with van der Waals surface area (Å²) in [7, 11) is 0. The number of amides is 1. The normalized spacial score (nSPS) is 13.0. The van der Waals surface area contributed by atoms with E-state index in [1.165, 1.54) is 6.07 Å². The lowest BCUT2D eigenvalue weighted by atomic mass is 10.1. The van der Waals surface area contributed by atoms with Crippen molar-refractivity contribution < 1.29 is 18.0 Å². The van der Waals surface area contributed by atoms with Crippen molar-refractivity contribution in [3.63, 3.8) is 0 Å². The Morgan fingerprint density at radius 3 is 2.67 bits per heavy atom. The third kappa shape index (κ3) is 6.62. The second-order valence-electron chi connectivity index (χ2n) is 5.06. The Hall–Kier alpha value is -1.56. The number of carbonyl (C=O) groups is 1. The van der Waals surface area contributed by atoms with E-state index >= 15 is 0 Å². The zero-order valence-electron chi connectivity index (χ0n) is 12.3. The molecule has 1 rings (SSSR count). The summed E-state index contributed by atoms with van der Waals surface area (Å²) in [6, 6.07) is 5.19. The third-order valence-electron chi connectivity index (χ3n) is 3.00. The maximum Gasteiger partial charge on any atom is 0.416 e. The summed E-state index contributed by atoms with van der Waals surface area (Å²) in [6.07, 6.45) is -2.46. The third-order valence-corrected chi connectivity index (χ3v) is 3.00. The van der Waals surface area contributed by atoms with E-state index in [0.717, 1.165) is 25.0 Å². The molecular weight excluding hydrogens is 281 g/mol. The molecule has 6 heteroatoms. The van der Waals surface area contributed by atoms with Crippen molar-refractivity contribution in [2.75, 3.05) is 6.54 Å². The number of hydrogen-bond acceptors (Lipinski definition) is 2. The van der Waals surface area contributed by atoms with Gasteiger partial charge in [0, 0.05) is 12.6 Å². The summed E-state index contributed by atoms with van der Waals surface area (Å²) >= 11 is 0. The molecular formula is C15H21F3N2O. The highest BCUT2D eigenvalue weighted by Crippen LogP contribution is 2.29. The lowest BCUT2D eigenvalue weighted by Crippen LogP contribution is -2.38. The molecule has 0 aliphatic carbocycles. The summed E-state index contributed by atoms with van der Waals surface area (Å²) in [5.41, 5.74) is -0.179. The molecule has 0 aliphatic heterocycles. The maximum absolute atomic E-state index is 12.5. The number of benzene rings is 1. The van der Waals surface area contributed by atoms with Gasteiger partial charge in [0.25, 0.3) is 0 Å². The van der Waals surface area contributed by atoms with Gasteiger partial charge in [0.05, 0.1) is 12.1 Å². The van der Waals surface area contributed by atoms with Crippen molar-refractivity contribution in [1.29, 1.82) is 0 Å². The number of rotatable bonds is 7. The molecule has 118 valence electrons. The Bertz CT molecular complexity index is 460. The SMILES string of the molecule is CCCC(C)NC(=O)CNCc1cccc(C(F)(F)F)c1.